The predicted octanol–water partition coefficient (Wildman–Crippen LogP) is 3.37. The van der Waals surface area contributed by atoms with Crippen LogP contribution in [0, 0.1) is 0 Å². The van der Waals surface area contributed by atoms with E-state index in [1.54, 1.807) is 40.5 Å². The second-order valence-electron chi connectivity index (χ2n) is 9.39. The Labute approximate surface area is 249 Å². The number of amides is 2. The lowest BCUT2D eigenvalue weighted by atomic mass is 9.83. The number of hydrogen-bond acceptors (Lipinski definition) is 8. The number of pyridine rings is 2. The van der Waals surface area contributed by atoms with Crippen molar-refractivity contribution >= 4 is 23.8 Å². The van der Waals surface area contributed by atoms with Crippen LogP contribution in [0.4, 0.5) is 26.3 Å². The summed E-state index contributed by atoms with van der Waals surface area (Å²) in [6.45, 7) is 1.76. The van der Waals surface area contributed by atoms with Gasteiger partial charge < -0.3 is 29.2 Å². The maximum atomic E-state index is 13.8. The van der Waals surface area contributed by atoms with E-state index in [1.807, 2.05) is 30.3 Å². The van der Waals surface area contributed by atoms with Crippen LogP contribution < -0.4 is 0 Å². The van der Waals surface area contributed by atoms with Crippen LogP contribution in [-0.2, 0) is 25.7 Å². The maximum Gasteiger partial charge on any atom is 0.490 e. The summed E-state index contributed by atoms with van der Waals surface area (Å²) in [6.07, 6.45) is -3.56. The fourth-order valence-electron chi connectivity index (χ4n) is 4.46. The van der Waals surface area contributed by atoms with Gasteiger partial charge in [-0.2, -0.15) is 26.3 Å². The van der Waals surface area contributed by atoms with Gasteiger partial charge in [0.25, 0.3) is 11.8 Å². The molecule has 0 radical (unpaired) electrons. The number of carboxylic acid groups (broad SMARTS) is 2. The summed E-state index contributed by atoms with van der Waals surface area (Å²) in [5.41, 5.74) is 0.510. The third kappa shape index (κ3) is 8.78. The number of likely N-dealkylation sites (tertiary alicyclic amines) is 1. The Kier molecular flexibility index (Phi) is 10.9. The number of hydrogen-bond donors (Lipinski definition) is 2. The van der Waals surface area contributed by atoms with E-state index < -0.39 is 29.9 Å². The summed E-state index contributed by atoms with van der Waals surface area (Å²) in [5, 5.41) is 14.2. The lowest BCUT2D eigenvalue weighted by Gasteiger charge is -2.42. The smallest absolute Gasteiger partial charge is 0.475 e. The van der Waals surface area contributed by atoms with Crippen molar-refractivity contribution in [1.82, 2.24) is 19.8 Å². The van der Waals surface area contributed by atoms with Crippen LogP contribution in [0.5, 0.6) is 0 Å². The Morgan fingerprint density at radius 1 is 0.956 bits per heavy atom. The van der Waals surface area contributed by atoms with Gasteiger partial charge in [0.2, 0.25) is 0 Å². The van der Waals surface area contributed by atoms with Gasteiger partial charge in [0, 0.05) is 37.6 Å². The van der Waals surface area contributed by atoms with Crippen LogP contribution in [0.25, 0.3) is 0 Å². The van der Waals surface area contributed by atoms with Crippen molar-refractivity contribution in [3.63, 3.8) is 0 Å². The first-order valence-electron chi connectivity index (χ1n) is 12.7. The van der Waals surface area contributed by atoms with Crippen LogP contribution in [0.3, 0.4) is 0 Å². The fraction of sp³-hybridized carbons (Fsp3) is 0.333. The second-order valence-corrected chi connectivity index (χ2v) is 9.39. The number of ether oxygens (including phenoxy) is 1. The molecule has 2 fully saturated rings. The molecule has 2 aliphatic rings. The molecule has 2 aliphatic heterocycles. The quantitative estimate of drug-likeness (QED) is 0.402. The highest BCUT2D eigenvalue weighted by Gasteiger charge is 2.58. The fourth-order valence-corrected chi connectivity index (χ4v) is 4.46. The molecule has 18 heteroatoms. The minimum Gasteiger partial charge on any atom is -0.475 e. The number of aromatic nitrogens is 2. The molecule has 0 saturated carbocycles. The Morgan fingerprint density at radius 3 is 2.13 bits per heavy atom. The molecular weight excluding hydrogens is 622 g/mol. The van der Waals surface area contributed by atoms with Crippen LogP contribution in [0.2, 0.25) is 0 Å². The summed E-state index contributed by atoms with van der Waals surface area (Å²) < 4.78 is 75.0. The number of aliphatic carboxylic acids is 2. The van der Waals surface area contributed by atoms with E-state index in [2.05, 4.69) is 9.97 Å². The summed E-state index contributed by atoms with van der Waals surface area (Å²) >= 11 is 0. The van der Waals surface area contributed by atoms with Crippen molar-refractivity contribution in [2.75, 3.05) is 26.2 Å². The van der Waals surface area contributed by atoms with E-state index in [-0.39, 0.29) is 30.0 Å². The largest absolute Gasteiger partial charge is 0.490 e. The lowest BCUT2D eigenvalue weighted by molar-refractivity contribution is -0.193. The number of halogens is 6. The van der Waals surface area contributed by atoms with Gasteiger partial charge in [-0.1, -0.05) is 12.1 Å². The van der Waals surface area contributed by atoms with E-state index in [0.717, 1.165) is 11.3 Å². The normalized spacial score (nSPS) is 19.7. The molecule has 5 rings (SSSR count). The molecule has 45 heavy (non-hydrogen) atoms. The van der Waals surface area contributed by atoms with E-state index in [4.69, 9.17) is 29.0 Å². The summed E-state index contributed by atoms with van der Waals surface area (Å²) in [5.74, 6) is -5.99. The van der Waals surface area contributed by atoms with Gasteiger partial charge in [0.1, 0.15) is 0 Å². The molecule has 12 nitrogen and oxygen atoms in total. The van der Waals surface area contributed by atoms with Gasteiger partial charge in [0.05, 0.1) is 31.7 Å². The lowest BCUT2D eigenvalue weighted by Crippen LogP contribution is -2.60. The maximum absolute atomic E-state index is 13.8. The molecule has 3 aromatic heterocycles. The first kappa shape index (κ1) is 34.5. The Bertz CT molecular complexity index is 1430. The van der Waals surface area contributed by atoms with Gasteiger partial charge in [-0.3, -0.25) is 19.6 Å². The predicted molar refractivity (Wildman–Crippen MR) is 137 cm³/mol. The highest BCUT2D eigenvalue weighted by molar-refractivity contribution is 5.94. The molecule has 242 valence electrons. The number of alkyl halides is 6. The first-order valence-corrected chi connectivity index (χ1v) is 12.7. The van der Waals surface area contributed by atoms with Crippen molar-refractivity contribution in [3.05, 3.63) is 84.3 Å². The number of morpholine rings is 1. The Morgan fingerprint density at radius 2 is 1.62 bits per heavy atom. The standard InChI is InChI=1S/C23H22N4O4.2C2HF3O2/c28-21(20-7-4-11-30-20)27-15-19(17-5-3-8-24-13-17)23(16-27)22(29)26(10-12-31-23)14-18-6-1-2-9-25-18;2*3-2(4,5)1(6)7/h1-9,11,13,19H,10,12,14-16H2;2*(H,6,7). The molecule has 2 saturated heterocycles. The monoisotopic (exact) mass is 646 g/mol. The molecule has 2 unspecified atom stereocenters. The minimum absolute atomic E-state index is 0.131. The number of nitrogens with zero attached hydrogens (tertiary/aromatic N) is 4. The topological polar surface area (TPSA) is 163 Å². The van der Waals surface area contributed by atoms with Crippen molar-refractivity contribution in [2.45, 2.75) is 30.4 Å². The summed E-state index contributed by atoms with van der Waals surface area (Å²) in [7, 11) is 0. The number of carbonyl (C=O) groups excluding carboxylic acids is 2. The highest BCUT2D eigenvalue weighted by Crippen LogP contribution is 2.42. The molecule has 2 amide bonds. The SMILES string of the molecule is O=C(O)C(F)(F)F.O=C(O)C(F)(F)F.O=C(c1ccco1)N1CC(c2cccnc2)C2(C1)OCCN(Cc1ccccn1)C2=O. The summed E-state index contributed by atoms with van der Waals surface area (Å²) in [6, 6.07) is 12.7. The summed E-state index contributed by atoms with van der Waals surface area (Å²) in [4.78, 5) is 56.6. The molecule has 2 N–H and O–H groups in total. The van der Waals surface area contributed by atoms with E-state index in [0.29, 0.717) is 26.2 Å². The zero-order chi connectivity index (χ0) is 33.4. The number of rotatable bonds is 4. The zero-order valence-corrected chi connectivity index (χ0v) is 22.9. The first-order chi connectivity index (χ1) is 21.1. The number of carbonyl (C=O) groups is 4. The Hall–Kier alpha value is -5.00. The third-order valence-electron chi connectivity index (χ3n) is 6.43. The van der Waals surface area contributed by atoms with Crippen LogP contribution in [0.1, 0.15) is 27.7 Å². The molecular formula is C27H24F6N4O8. The van der Waals surface area contributed by atoms with E-state index in [9.17, 15) is 35.9 Å². The number of furan rings is 1. The van der Waals surface area contributed by atoms with Gasteiger partial charge in [-0.05, 0) is 35.9 Å². The molecule has 0 aromatic carbocycles. The number of carboxylic acids is 2. The molecule has 0 bridgehead atoms. The second kappa shape index (κ2) is 14.2. The average molecular weight is 646 g/mol. The van der Waals surface area contributed by atoms with Crippen molar-refractivity contribution in [3.8, 4) is 0 Å². The highest BCUT2D eigenvalue weighted by atomic mass is 19.4. The molecule has 3 aromatic rings. The van der Waals surface area contributed by atoms with E-state index in [1.165, 1.54) is 6.26 Å². The molecule has 5 heterocycles. The minimum atomic E-state index is -5.08. The third-order valence-corrected chi connectivity index (χ3v) is 6.43. The Balaban J connectivity index is 0.000000331. The van der Waals surface area contributed by atoms with Gasteiger partial charge >= 0.3 is 24.3 Å². The van der Waals surface area contributed by atoms with Crippen LogP contribution in [-0.4, -0.2) is 97.9 Å². The van der Waals surface area contributed by atoms with Crippen molar-refractivity contribution < 1.29 is 64.9 Å². The molecule has 2 atom stereocenters. The van der Waals surface area contributed by atoms with Gasteiger partial charge in [0.15, 0.2) is 11.4 Å². The van der Waals surface area contributed by atoms with Crippen molar-refractivity contribution in [1.29, 1.82) is 0 Å². The van der Waals surface area contributed by atoms with Gasteiger partial charge in [-0.25, -0.2) is 9.59 Å². The average Bonchev–Trinajstić information content (AvgIpc) is 3.66. The van der Waals surface area contributed by atoms with Gasteiger partial charge in [-0.15, -0.1) is 0 Å². The zero-order valence-electron chi connectivity index (χ0n) is 22.9. The van der Waals surface area contributed by atoms with Crippen LogP contribution in [0.15, 0.2) is 71.7 Å². The molecule has 1 spiro atoms. The van der Waals surface area contributed by atoms with E-state index >= 15 is 0 Å². The van der Waals surface area contributed by atoms with Crippen LogP contribution >= 0.6 is 0 Å². The molecule has 0 aliphatic carbocycles. The van der Waals surface area contributed by atoms with Crippen molar-refractivity contribution in [2.24, 2.45) is 0 Å².